The third kappa shape index (κ3) is 4.77. The Morgan fingerprint density at radius 3 is 2.46 bits per heavy atom. The summed E-state index contributed by atoms with van der Waals surface area (Å²) >= 11 is 3.34. The molecule has 0 spiro atoms. The van der Waals surface area contributed by atoms with Gasteiger partial charge in [0.15, 0.2) is 0 Å². The highest BCUT2D eigenvalue weighted by molar-refractivity contribution is 9.10. The Hall–Kier alpha value is -2.99. The summed E-state index contributed by atoms with van der Waals surface area (Å²) < 4.78 is 0.922. The number of hydrogen-bond acceptors (Lipinski definition) is 3. The number of rotatable bonds is 5. The molecule has 1 heterocycles. The number of nitrogens with zero attached hydrogens (tertiary/aromatic N) is 1. The average Bonchev–Trinajstić information content (AvgIpc) is 2.67. The van der Waals surface area contributed by atoms with Crippen molar-refractivity contribution in [3.8, 4) is 0 Å². The number of carbonyl (C=O) groups is 2. The summed E-state index contributed by atoms with van der Waals surface area (Å²) in [4.78, 5) is 28.3. The number of anilines is 1. The van der Waals surface area contributed by atoms with Gasteiger partial charge >= 0.3 is 0 Å². The molecule has 0 radical (unpaired) electrons. The fourth-order valence-corrected chi connectivity index (χ4v) is 2.61. The monoisotopic (exact) mass is 409 g/mol. The van der Waals surface area contributed by atoms with Crippen molar-refractivity contribution in [3.05, 3.63) is 94.2 Å². The highest BCUT2D eigenvalue weighted by Crippen LogP contribution is 2.13. The number of benzene rings is 2. The van der Waals surface area contributed by atoms with Crippen LogP contribution in [0.4, 0.5) is 5.69 Å². The van der Waals surface area contributed by atoms with Gasteiger partial charge in [-0.1, -0.05) is 28.1 Å². The molecule has 2 aromatic carbocycles. The van der Waals surface area contributed by atoms with Gasteiger partial charge < -0.3 is 10.6 Å². The number of amides is 2. The van der Waals surface area contributed by atoms with Gasteiger partial charge in [-0.05, 0) is 54.1 Å². The van der Waals surface area contributed by atoms with Gasteiger partial charge in [-0.15, -0.1) is 0 Å². The predicted octanol–water partition coefficient (Wildman–Crippen LogP) is 4.03. The van der Waals surface area contributed by atoms with Crippen LogP contribution in [0.5, 0.6) is 0 Å². The van der Waals surface area contributed by atoms with Crippen LogP contribution in [-0.4, -0.2) is 16.8 Å². The molecule has 0 fully saturated rings. The number of nitrogens with one attached hydrogen (secondary N) is 2. The lowest BCUT2D eigenvalue weighted by atomic mass is 10.1. The smallest absolute Gasteiger partial charge is 0.257 e. The summed E-state index contributed by atoms with van der Waals surface area (Å²) in [6, 6.07) is 17.9. The molecule has 5 nitrogen and oxygen atoms in total. The Balaban J connectivity index is 1.61. The maximum atomic E-state index is 12.2. The van der Waals surface area contributed by atoms with E-state index in [-0.39, 0.29) is 11.8 Å². The molecule has 3 rings (SSSR count). The van der Waals surface area contributed by atoms with Crippen LogP contribution in [0.25, 0.3) is 0 Å². The summed E-state index contributed by atoms with van der Waals surface area (Å²) in [5, 5.41) is 5.70. The normalized spacial score (nSPS) is 10.2. The van der Waals surface area contributed by atoms with E-state index in [2.05, 4.69) is 31.5 Å². The van der Waals surface area contributed by atoms with Gasteiger partial charge in [-0.2, -0.15) is 0 Å². The summed E-state index contributed by atoms with van der Waals surface area (Å²) in [6.45, 7) is 0.367. The predicted molar refractivity (Wildman–Crippen MR) is 104 cm³/mol. The molecule has 2 N–H and O–H groups in total. The Morgan fingerprint density at radius 2 is 1.73 bits per heavy atom. The Kier molecular flexibility index (Phi) is 5.76. The van der Waals surface area contributed by atoms with Crippen LogP contribution in [0.15, 0.2) is 77.5 Å². The molecule has 3 aromatic rings. The maximum Gasteiger partial charge on any atom is 0.257 e. The van der Waals surface area contributed by atoms with Gasteiger partial charge in [0, 0.05) is 34.7 Å². The topological polar surface area (TPSA) is 71.1 Å². The molecule has 0 atom stereocenters. The van der Waals surface area contributed by atoms with Crippen molar-refractivity contribution in [2.75, 3.05) is 5.32 Å². The van der Waals surface area contributed by atoms with E-state index in [9.17, 15) is 9.59 Å². The second kappa shape index (κ2) is 8.40. The first-order chi connectivity index (χ1) is 12.6. The van der Waals surface area contributed by atoms with E-state index in [1.54, 1.807) is 36.5 Å². The van der Waals surface area contributed by atoms with Crippen molar-refractivity contribution in [1.29, 1.82) is 0 Å². The zero-order valence-corrected chi connectivity index (χ0v) is 15.4. The van der Waals surface area contributed by atoms with Crippen molar-refractivity contribution in [2.45, 2.75) is 6.54 Å². The number of pyridine rings is 1. The molecule has 130 valence electrons. The highest BCUT2D eigenvalue weighted by atomic mass is 79.9. The zero-order chi connectivity index (χ0) is 18.4. The van der Waals surface area contributed by atoms with Crippen molar-refractivity contribution >= 4 is 33.4 Å². The van der Waals surface area contributed by atoms with E-state index in [4.69, 9.17) is 0 Å². The second-order valence-electron chi connectivity index (χ2n) is 5.59. The molecule has 1 aromatic heterocycles. The molecule has 0 unspecified atom stereocenters. The van der Waals surface area contributed by atoms with E-state index in [0.29, 0.717) is 23.4 Å². The van der Waals surface area contributed by atoms with Crippen LogP contribution < -0.4 is 10.6 Å². The molecule has 0 saturated carbocycles. The lowest BCUT2D eigenvalue weighted by molar-refractivity contribution is 0.0950. The minimum absolute atomic E-state index is 0.151. The molecule has 0 saturated heterocycles. The van der Waals surface area contributed by atoms with E-state index < -0.39 is 0 Å². The van der Waals surface area contributed by atoms with Gasteiger partial charge in [-0.3, -0.25) is 14.6 Å². The fraction of sp³-hybridized carbons (Fsp3) is 0.0500. The van der Waals surface area contributed by atoms with Crippen LogP contribution >= 0.6 is 15.9 Å². The maximum absolute atomic E-state index is 12.2. The average molecular weight is 410 g/mol. The van der Waals surface area contributed by atoms with Gasteiger partial charge in [0.2, 0.25) is 0 Å². The lowest BCUT2D eigenvalue weighted by Gasteiger charge is -2.09. The van der Waals surface area contributed by atoms with Crippen LogP contribution in [0.1, 0.15) is 26.3 Å². The van der Waals surface area contributed by atoms with Gasteiger partial charge in [0.1, 0.15) is 0 Å². The van der Waals surface area contributed by atoms with E-state index in [0.717, 1.165) is 10.0 Å². The number of halogens is 1. The first-order valence-electron chi connectivity index (χ1n) is 7.96. The van der Waals surface area contributed by atoms with Crippen LogP contribution in [0.2, 0.25) is 0 Å². The minimum Gasteiger partial charge on any atom is -0.348 e. The Morgan fingerprint density at radius 1 is 0.923 bits per heavy atom. The summed E-state index contributed by atoms with van der Waals surface area (Å²) in [6.07, 6.45) is 3.13. The van der Waals surface area contributed by atoms with Crippen LogP contribution in [0.3, 0.4) is 0 Å². The number of carbonyl (C=O) groups excluding carboxylic acids is 2. The van der Waals surface area contributed by atoms with Crippen molar-refractivity contribution < 1.29 is 9.59 Å². The van der Waals surface area contributed by atoms with E-state index >= 15 is 0 Å². The minimum atomic E-state index is -0.228. The van der Waals surface area contributed by atoms with Crippen LogP contribution in [-0.2, 0) is 6.54 Å². The summed E-state index contributed by atoms with van der Waals surface area (Å²) in [7, 11) is 0. The van der Waals surface area contributed by atoms with Crippen molar-refractivity contribution in [1.82, 2.24) is 10.3 Å². The number of aromatic nitrogens is 1. The molecule has 0 aliphatic carbocycles. The number of hydrogen-bond donors (Lipinski definition) is 2. The summed E-state index contributed by atoms with van der Waals surface area (Å²) in [5.74, 6) is -0.378. The Bertz CT molecular complexity index is 912. The van der Waals surface area contributed by atoms with Crippen LogP contribution in [0, 0.1) is 0 Å². The van der Waals surface area contributed by atoms with Gasteiger partial charge in [-0.25, -0.2) is 0 Å². The quantitative estimate of drug-likeness (QED) is 0.668. The molecule has 0 bridgehead atoms. The first-order valence-corrected chi connectivity index (χ1v) is 8.75. The molecular formula is C20H16BrN3O2. The standard InChI is InChI=1S/C20H16BrN3O2/c21-17-8-6-15(7-9-17)19(25)23-12-14-3-1-5-18(11-14)24-20(26)16-4-2-10-22-13-16/h1-11,13H,12H2,(H,23,25)(H,24,26). The van der Waals surface area contributed by atoms with E-state index in [1.807, 2.05) is 30.3 Å². The molecule has 0 aliphatic heterocycles. The molecule has 6 heteroatoms. The van der Waals surface area contributed by atoms with E-state index in [1.165, 1.54) is 6.20 Å². The molecule has 26 heavy (non-hydrogen) atoms. The Labute approximate surface area is 159 Å². The van der Waals surface area contributed by atoms with Gasteiger partial charge in [0.05, 0.1) is 5.56 Å². The zero-order valence-electron chi connectivity index (χ0n) is 13.8. The third-order valence-electron chi connectivity index (χ3n) is 3.67. The second-order valence-corrected chi connectivity index (χ2v) is 6.50. The summed E-state index contributed by atoms with van der Waals surface area (Å²) in [5.41, 5.74) is 2.63. The molecule has 2 amide bonds. The lowest BCUT2D eigenvalue weighted by Crippen LogP contribution is -2.22. The van der Waals surface area contributed by atoms with Gasteiger partial charge in [0.25, 0.3) is 11.8 Å². The fourth-order valence-electron chi connectivity index (χ4n) is 2.35. The first kappa shape index (κ1) is 17.8. The SMILES string of the molecule is O=C(NCc1cccc(NC(=O)c2cccnc2)c1)c1ccc(Br)cc1. The third-order valence-corrected chi connectivity index (χ3v) is 4.20. The largest absolute Gasteiger partial charge is 0.348 e. The molecular weight excluding hydrogens is 394 g/mol. The highest BCUT2D eigenvalue weighted by Gasteiger charge is 2.08. The van der Waals surface area contributed by atoms with Crippen molar-refractivity contribution in [2.24, 2.45) is 0 Å². The van der Waals surface area contributed by atoms with Crippen molar-refractivity contribution in [3.63, 3.8) is 0 Å². The molecule has 0 aliphatic rings.